The molecule has 1 atom stereocenters. The topological polar surface area (TPSA) is 75.8 Å². The number of ether oxygens (including phenoxy) is 3. The molecule has 3 heterocycles. The molecule has 33 heavy (non-hydrogen) atoms. The Labute approximate surface area is 190 Å². The number of rotatable bonds is 3. The minimum Gasteiger partial charge on any atom is -0.497 e. The molecule has 2 aliphatic heterocycles. The number of anilines is 1. The molecule has 7 heteroatoms. The van der Waals surface area contributed by atoms with Gasteiger partial charge in [-0.1, -0.05) is 30.3 Å². The molecule has 0 saturated heterocycles. The number of para-hydroxylation sites is 1. The van der Waals surface area contributed by atoms with E-state index < -0.39 is 0 Å². The zero-order chi connectivity index (χ0) is 22.4. The van der Waals surface area contributed by atoms with E-state index in [0.29, 0.717) is 23.7 Å². The zero-order valence-corrected chi connectivity index (χ0v) is 18.1. The highest BCUT2D eigenvalue weighted by molar-refractivity contribution is 5.92. The van der Waals surface area contributed by atoms with Crippen molar-refractivity contribution in [3.63, 3.8) is 0 Å². The summed E-state index contributed by atoms with van der Waals surface area (Å²) in [4.78, 5) is 19.0. The molecular formula is C26H23N3O4. The first-order valence-electron chi connectivity index (χ1n) is 10.9. The van der Waals surface area contributed by atoms with Crippen molar-refractivity contribution in [1.29, 1.82) is 0 Å². The van der Waals surface area contributed by atoms with E-state index in [4.69, 9.17) is 14.2 Å². The van der Waals surface area contributed by atoms with E-state index in [0.717, 1.165) is 28.9 Å². The summed E-state index contributed by atoms with van der Waals surface area (Å²) in [5.41, 5.74) is 5.08. The molecule has 2 amide bonds. The summed E-state index contributed by atoms with van der Waals surface area (Å²) < 4.78 is 16.2. The van der Waals surface area contributed by atoms with Crippen molar-refractivity contribution in [2.75, 3.05) is 25.8 Å². The number of carbonyl (C=O) groups is 1. The first-order valence-corrected chi connectivity index (χ1v) is 10.9. The van der Waals surface area contributed by atoms with Crippen LogP contribution in [0.25, 0.3) is 10.9 Å². The van der Waals surface area contributed by atoms with Crippen LogP contribution in [0.5, 0.6) is 17.2 Å². The molecule has 2 N–H and O–H groups in total. The van der Waals surface area contributed by atoms with Crippen LogP contribution in [0.3, 0.4) is 0 Å². The number of nitrogens with zero attached hydrogens (tertiary/aromatic N) is 1. The van der Waals surface area contributed by atoms with E-state index >= 15 is 0 Å². The number of urea groups is 1. The van der Waals surface area contributed by atoms with Gasteiger partial charge in [-0.15, -0.1) is 0 Å². The monoisotopic (exact) mass is 441 g/mol. The van der Waals surface area contributed by atoms with E-state index in [9.17, 15) is 4.79 Å². The number of H-pyrrole nitrogens is 1. The number of amides is 2. The first-order chi connectivity index (χ1) is 16.2. The van der Waals surface area contributed by atoms with Crippen LogP contribution in [0, 0.1) is 0 Å². The van der Waals surface area contributed by atoms with Crippen molar-refractivity contribution in [3.05, 3.63) is 83.6 Å². The smallest absolute Gasteiger partial charge is 0.322 e. The zero-order valence-electron chi connectivity index (χ0n) is 18.1. The summed E-state index contributed by atoms with van der Waals surface area (Å²) in [5.74, 6) is 2.10. The normalized spacial score (nSPS) is 16.5. The third kappa shape index (κ3) is 3.33. The fraction of sp³-hybridized carbons (Fsp3) is 0.192. The average Bonchev–Trinajstić information content (AvgIpc) is 3.47. The number of hydrogen-bond acceptors (Lipinski definition) is 4. The highest BCUT2D eigenvalue weighted by Crippen LogP contribution is 2.39. The molecule has 0 radical (unpaired) electrons. The average molecular weight is 441 g/mol. The second-order valence-electron chi connectivity index (χ2n) is 8.18. The van der Waals surface area contributed by atoms with E-state index in [1.807, 2.05) is 47.4 Å². The van der Waals surface area contributed by atoms with Crippen LogP contribution in [0.1, 0.15) is 22.9 Å². The lowest BCUT2D eigenvalue weighted by atomic mass is 9.92. The Morgan fingerprint density at radius 1 is 1.06 bits per heavy atom. The molecule has 0 fully saturated rings. The van der Waals surface area contributed by atoms with Gasteiger partial charge in [-0.05, 0) is 47.9 Å². The minimum atomic E-state index is -0.249. The van der Waals surface area contributed by atoms with Crippen LogP contribution in [-0.4, -0.2) is 36.4 Å². The van der Waals surface area contributed by atoms with E-state index in [1.54, 1.807) is 13.2 Å². The Balaban J connectivity index is 1.38. The molecule has 6 rings (SSSR count). The number of carbonyl (C=O) groups excluding carboxylic acids is 1. The summed E-state index contributed by atoms with van der Waals surface area (Å²) in [6.07, 6.45) is 0.778. The maximum absolute atomic E-state index is 13.5. The summed E-state index contributed by atoms with van der Waals surface area (Å²) in [7, 11) is 1.65. The molecule has 0 saturated carbocycles. The molecule has 0 aliphatic carbocycles. The molecule has 1 aromatic heterocycles. The van der Waals surface area contributed by atoms with Gasteiger partial charge in [-0.25, -0.2) is 4.79 Å². The van der Waals surface area contributed by atoms with Gasteiger partial charge in [-0.3, -0.25) is 0 Å². The predicted octanol–water partition coefficient (Wildman–Crippen LogP) is 5.08. The van der Waals surface area contributed by atoms with Crippen molar-refractivity contribution < 1.29 is 19.0 Å². The van der Waals surface area contributed by atoms with Gasteiger partial charge in [0.2, 0.25) is 6.79 Å². The van der Waals surface area contributed by atoms with Gasteiger partial charge in [0.1, 0.15) is 5.75 Å². The third-order valence-corrected chi connectivity index (χ3v) is 6.35. The number of fused-ring (bicyclic) bond motifs is 4. The number of hydrogen-bond donors (Lipinski definition) is 2. The Hall–Kier alpha value is -4.13. The van der Waals surface area contributed by atoms with Crippen molar-refractivity contribution in [3.8, 4) is 17.2 Å². The number of nitrogens with one attached hydrogen (secondary N) is 2. The molecule has 7 nitrogen and oxygen atoms in total. The largest absolute Gasteiger partial charge is 0.497 e. The molecule has 166 valence electrons. The van der Waals surface area contributed by atoms with Gasteiger partial charge in [0.15, 0.2) is 11.5 Å². The molecule has 0 unspecified atom stereocenters. The van der Waals surface area contributed by atoms with E-state index in [1.165, 1.54) is 10.9 Å². The van der Waals surface area contributed by atoms with Gasteiger partial charge in [-0.2, -0.15) is 0 Å². The lowest BCUT2D eigenvalue weighted by molar-refractivity contribution is 0.174. The first kappa shape index (κ1) is 19.5. The standard InChI is InChI=1S/C26H23N3O4/c1-31-18-9-6-16(7-10-18)25-24-20(19-4-2-3-5-21(19)28-24)12-13-29(25)26(30)27-17-8-11-22-23(14-17)33-15-32-22/h2-11,14,25,28H,12-13,15H2,1H3,(H,27,30)/t25-/m0/s1. The predicted molar refractivity (Wildman–Crippen MR) is 125 cm³/mol. The molecule has 3 aromatic carbocycles. The summed E-state index contributed by atoms with van der Waals surface area (Å²) in [5, 5.41) is 4.25. The molecular weight excluding hydrogens is 418 g/mol. The van der Waals surface area contributed by atoms with E-state index in [-0.39, 0.29) is 18.9 Å². The molecule has 0 spiro atoms. The van der Waals surface area contributed by atoms with Crippen LogP contribution in [-0.2, 0) is 6.42 Å². The molecule has 4 aromatic rings. The second kappa shape index (κ2) is 7.78. The Morgan fingerprint density at radius 3 is 2.73 bits per heavy atom. The summed E-state index contributed by atoms with van der Waals surface area (Å²) in [6, 6.07) is 21.2. The van der Waals surface area contributed by atoms with Crippen LogP contribution in [0.4, 0.5) is 10.5 Å². The summed E-state index contributed by atoms with van der Waals surface area (Å²) >= 11 is 0. The molecule has 0 bridgehead atoms. The van der Waals surface area contributed by atoms with Gasteiger partial charge >= 0.3 is 6.03 Å². The van der Waals surface area contributed by atoms with Crippen LogP contribution in [0.2, 0.25) is 0 Å². The van der Waals surface area contributed by atoms with Gasteiger partial charge in [0.05, 0.1) is 13.2 Å². The Bertz CT molecular complexity index is 1350. The number of aromatic nitrogens is 1. The van der Waals surface area contributed by atoms with Gasteiger partial charge in [0, 0.05) is 34.9 Å². The van der Waals surface area contributed by atoms with E-state index in [2.05, 4.69) is 28.5 Å². The Morgan fingerprint density at radius 2 is 1.88 bits per heavy atom. The maximum Gasteiger partial charge on any atom is 0.322 e. The van der Waals surface area contributed by atoms with Crippen LogP contribution < -0.4 is 19.5 Å². The van der Waals surface area contributed by atoms with Crippen molar-refractivity contribution in [2.24, 2.45) is 0 Å². The minimum absolute atomic E-state index is 0.168. The lowest BCUT2D eigenvalue weighted by Crippen LogP contribution is -2.43. The lowest BCUT2D eigenvalue weighted by Gasteiger charge is -2.36. The highest BCUT2D eigenvalue weighted by Gasteiger charge is 2.34. The molecule has 2 aliphatic rings. The summed E-state index contributed by atoms with van der Waals surface area (Å²) in [6.45, 7) is 0.795. The fourth-order valence-electron chi connectivity index (χ4n) is 4.76. The van der Waals surface area contributed by atoms with Crippen LogP contribution >= 0.6 is 0 Å². The quantitative estimate of drug-likeness (QED) is 0.465. The SMILES string of the molecule is COc1ccc([C@H]2c3[nH]c4ccccc4c3CCN2C(=O)Nc2ccc3c(c2)OCO3)cc1. The third-order valence-electron chi connectivity index (χ3n) is 6.35. The van der Waals surface area contributed by atoms with Crippen molar-refractivity contribution >= 4 is 22.6 Å². The van der Waals surface area contributed by atoms with Gasteiger partial charge in [0.25, 0.3) is 0 Å². The highest BCUT2D eigenvalue weighted by atomic mass is 16.7. The van der Waals surface area contributed by atoms with Crippen molar-refractivity contribution in [1.82, 2.24) is 9.88 Å². The van der Waals surface area contributed by atoms with Gasteiger partial charge < -0.3 is 29.4 Å². The number of methoxy groups -OCH3 is 1. The fourth-order valence-corrected chi connectivity index (χ4v) is 4.76. The maximum atomic E-state index is 13.5. The number of aromatic amines is 1. The number of benzene rings is 3. The van der Waals surface area contributed by atoms with Crippen molar-refractivity contribution in [2.45, 2.75) is 12.5 Å². The van der Waals surface area contributed by atoms with Crippen LogP contribution in [0.15, 0.2) is 66.7 Å². The Kier molecular flexibility index (Phi) is 4.61. The second-order valence-corrected chi connectivity index (χ2v) is 8.18.